The molecule has 0 aliphatic rings. The van der Waals surface area contributed by atoms with Gasteiger partial charge in [0.05, 0.1) is 23.2 Å². The summed E-state index contributed by atoms with van der Waals surface area (Å²) in [6.07, 6.45) is 3.15. The van der Waals surface area contributed by atoms with Crippen molar-refractivity contribution in [2.45, 2.75) is 39.2 Å². The number of para-hydroxylation sites is 2. The predicted molar refractivity (Wildman–Crippen MR) is 120 cm³/mol. The van der Waals surface area contributed by atoms with E-state index in [2.05, 4.69) is 10.6 Å². The number of hydrogen-bond donors (Lipinski definition) is 2. The molecule has 0 aromatic heterocycles. The van der Waals surface area contributed by atoms with Crippen LogP contribution in [0.15, 0.2) is 54.6 Å². The van der Waals surface area contributed by atoms with Gasteiger partial charge in [0, 0.05) is 6.54 Å². The SMILES string of the molecule is CCCCNC(=O)c1ccccc1NC(=O)[C@H](CC)N(c1ccccc1)S(C)(=O)=O. The highest BCUT2D eigenvalue weighted by Crippen LogP contribution is 2.24. The van der Waals surface area contributed by atoms with Crippen LogP contribution in [-0.2, 0) is 14.8 Å². The summed E-state index contributed by atoms with van der Waals surface area (Å²) in [5.74, 6) is -0.781. The molecule has 162 valence electrons. The van der Waals surface area contributed by atoms with E-state index in [0.717, 1.165) is 23.4 Å². The minimum absolute atomic E-state index is 0.263. The summed E-state index contributed by atoms with van der Waals surface area (Å²) in [7, 11) is -3.71. The molecule has 0 aliphatic heterocycles. The molecule has 2 aromatic rings. The number of hydrogen-bond acceptors (Lipinski definition) is 4. The summed E-state index contributed by atoms with van der Waals surface area (Å²) < 4.78 is 26.1. The molecule has 2 rings (SSSR count). The Bertz CT molecular complexity index is 961. The molecule has 1 atom stereocenters. The minimum Gasteiger partial charge on any atom is -0.352 e. The van der Waals surface area contributed by atoms with Gasteiger partial charge in [-0.2, -0.15) is 0 Å². The Hall–Kier alpha value is -2.87. The highest BCUT2D eigenvalue weighted by molar-refractivity contribution is 7.92. The van der Waals surface area contributed by atoms with Gasteiger partial charge < -0.3 is 10.6 Å². The van der Waals surface area contributed by atoms with Gasteiger partial charge in [-0.3, -0.25) is 13.9 Å². The van der Waals surface area contributed by atoms with E-state index in [-0.39, 0.29) is 12.3 Å². The summed E-state index contributed by atoms with van der Waals surface area (Å²) in [5, 5.41) is 5.58. The minimum atomic E-state index is -3.71. The van der Waals surface area contributed by atoms with Gasteiger partial charge in [0.2, 0.25) is 15.9 Å². The van der Waals surface area contributed by atoms with E-state index in [1.165, 1.54) is 0 Å². The summed E-state index contributed by atoms with van der Waals surface area (Å²) in [6.45, 7) is 4.32. The molecular weight excluding hydrogens is 402 g/mol. The standard InChI is InChI=1S/C22H29N3O4S/c1-4-6-16-23-21(26)18-14-10-11-15-19(18)24-22(27)20(5-2)25(30(3,28)29)17-12-8-7-9-13-17/h7-15,20H,4-6,16H2,1-3H3,(H,23,26)(H,24,27)/t20-/m0/s1. The average molecular weight is 432 g/mol. The zero-order chi connectivity index (χ0) is 22.1. The summed E-state index contributed by atoms with van der Waals surface area (Å²) in [4.78, 5) is 25.6. The first-order valence-electron chi connectivity index (χ1n) is 10.0. The number of carbonyl (C=O) groups is 2. The number of nitrogens with one attached hydrogen (secondary N) is 2. The fourth-order valence-corrected chi connectivity index (χ4v) is 4.33. The molecule has 2 N–H and O–H groups in total. The molecule has 30 heavy (non-hydrogen) atoms. The van der Waals surface area contributed by atoms with Crippen LogP contribution in [0.25, 0.3) is 0 Å². The second-order valence-corrected chi connectivity index (χ2v) is 8.82. The van der Waals surface area contributed by atoms with E-state index in [1.54, 1.807) is 61.5 Å². The maximum absolute atomic E-state index is 13.1. The number of amides is 2. The number of sulfonamides is 1. The molecule has 2 aromatic carbocycles. The van der Waals surface area contributed by atoms with Gasteiger partial charge in [-0.15, -0.1) is 0 Å². The molecule has 7 nitrogen and oxygen atoms in total. The van der Waals surface area contributed by atoms with Gasteiger partial charge in [0.15, 0.2) is 0 Å². The van der Waals surface area contributed by atoms with Crippen LogP contribution in [0, 0.1) is 0 Å². The van der Waals surface area contributed by atoms with Crippen molar-refractivity contribution >= 4 is 33.2 Å². The molecule has 0 heterocycles. The van der Waals surface area contributed by atoms with E-state index < -0.39 is 22.0 Å². The zero-order valence-corrected chi connectivity index (χ0v) is 18.4. The van der Waals surface area contributed by atoms with Gasteiger partial charge in [-0.05, 0) is 37.1 Å². The first kappa shape index (κ1) is 23.4. The van der Waals surface area contributed by atoms with Crippen molar-refractivity contribution in [1.29, 1.82) is 0 Å². The molecule has 0 spiro atoms. The lowest BCUT2D eigenvalue weighted by Crippen LogP contribution is -2.47. The molecule has 0 unspecified atom stereocenters. The molecule has 8 heteroatoms. The topological polar surface area (TPSA) is 95.6 Å². The Balaban J connectivity index is 2.30. The Kier molecular flexibility index (Phi) is 8.41. The predicted octanol–water partition coefficient (Wildman–Crippen LogP) is 3.40. The van der Waals surface area contributed by atoms with E-state index in [9.17, 15) is 18.0 Å². The number of unbranched alkanes of at least 4 members (excludes halogenated alkanes) is 1. The fourth-order valence-electron chi connectivity index (χ4n) is 3.12. The van der Waals surface area contributed by atoms with E-state index in [0.29, 0.717) is 23.5 Å². The third-order valence-electron chi connectivity index (χ3n) is 4.59. The Morgan fingerprint density at radius 2 is 1.63 bits per heavy atom. The second kappa shape index (κ2) is 10.8. The van der Waals surface area contributed by atoms with Gasteiger partial charge in [-0.1, -0.05) is 50.6 Å². The largest absolute Gasteiger partial charge is 0.352 e. The Morgan fingerprint density at radius 3 is 2.23 bits per heavy atom. The van der Waals surface area contributed by atoms with Crippen molar-refractivity contribution in [2.75, 3.05) is 22.4 Å². The molecule has 0 aliphatic carbocycles. The molecule has 0 bridgehead atoms. The van der Waals surface area contributed by atoms with Gasteiger partial charge in [0.1, 0.15) is 6.04 Å². The van der Waals surface area contributed by atoms with Crippen molar-refractivity contribution in [3.8, 4) is 0 Å². The fraction of sp³-hybridized carbons (Fsp3) is 0.364. The Labute approximate surface area is 178 Å². The van der Waals surface area contributed by atoms with Crippen LogP contribution < -0.4 is 14.9 Å². The van der Waals surface area contributed by atoms with Gasteiger partial charge in [-0.25, -0.2) is 8.42 Å². The van der Waals surface area contributed by atoms with Crippen molar-refractivity contribution in [1.82, 2.24) is 5.32 Å². The quantitative estimate of drug-likeness (QED) is 0.564. The number of anilines is 2. The van der Waals surface area contributed by atoms with Crippen LogP contribution in [0.4, 0.5) is 11.4 Å². The third-order valence-corrected chi connectivity index (χ3v) is 5.77. The Morgan fingerprint density at radius 1 is 1.00 bits per heavy atom. The van der Waals surface area contributed by atoms with Crippen molar-refractivity contribution in [3.05, 3.63) is 60.2 Å². The maximum atomic E-state index is 13.1. The summed E-state index contributed by atoms with van der Waals surface area (Å²) in [5.41, 5.74) is 1.09. The lowest BCUT2D eigenvalue weighted by Gasteiger charge is -2.30. The van der Waals surface area contributed by atoms with Gasteiger partial charge >= 0.3 is 0 Å². The smallest absolute Gasteiger partial charge is 0.253 e. The molecule has 0 saturated heterocycles. The van der Waals surface area contributed by atoms with Crippen LogP contribution in [0.2, 0.25) is 0 Å². The highest BCUT2D eigenvalue weighted by atomic mass is 32.2. The van der Waals surface area contributed by atoms with Crippen LogP contribution in [0.3, 0.4) is 0 Å². The molecule has 0 fully saturated rings. The van der Waals surface area contributed by atoms with Crippen molar-refractivity contribution in [2.24, 2.45) is 0 Å². The van der Waals surface area contributed by atoms with E-state index in [4.69, 9.17) is 0 Å². The van der Waals surface area contributed by atoms with Crippen LogP contribution >= 0.6 is 0 Å². The first-order chi connectivity index (χ1) is 14.3. The number of benzene rings is 2. The summed E-state index contributed by atoms with van der Waals surface area (Å²) >= 11 is 0. The highest BCUT2D eigenvalue weighted by Gasteiger charge is 2.31. The van der Waals surface area contributed by atoms with Crippen LogP contribution in [-0.4, -0.2) is 39.1 Å². The van der Waals surface area contributed by atoms with Gasteiger partial charge in [0.25, 0.3) is 5.91 Å². The summed E-state index contributed by atoms with van der Waals surface area (Å²) in [6, 6.07) is 14.2. The first-order valence-corrected chi connectivity index (χ1v) is 11.9. The lowest BCUT2D eigenvalue weighted by atomic mass is 10.1. The number of carbonyl (C=O) groups excluding carboxylic acids is 2. The molecule has 2 amide bonds. The third kappa shape index (κ3) is 6.06. The lowest BCUT2D eigenvalue weighted by molar-refractivity contribution is -0.117. The molecule has 0 saturated carbocycles. The van der Waals surface area contributed by atoms with Crippen LogP contribution in [0.1, 0.15) is 43.5 Å². The molecule has 0 radical (unpaired) electrons. The van der Waals surface area contributed by atoms with E-state index >= 15 is 0 Å². The molecular formula is C22H29N3O4S. The van der Waals surface area contributed by atoms with Crippen molar-refractivity contribution in [3.63, 3.8) is 0 Å². The van der Waals surface area contributed by atoms with Crippen LogP contribution in [0.5, 0.6) is 0 Å². The number of rotatable bonds is 10. The second-order valence-electron chi connectivity index (χ2n) is 6.96. The monoisotopic (exact) mass is 431 g/mol. The zero-order valence-electron chi connectivity index (χ0n) is 17.6. The van der Waals surface area contributed by atoms with Crippen molar-refractivity contribution < 1.29 is 18.0 Å². The maximum Gasteiger partial charge on any atom is 0.253 e. The normalized spacial score (nSPS) is 12.1. The average Bonchev–Trinajstić information content (AvgIpc) is 2.72. The van der Waals surface area contributed by atoms with E-state index in [1.807, 2.05) is 6.92 Å². The number of nitrogens with zero attached hydrogens (tertiary/aromatic N) is 1.